The Hall–Kier alpha value is -2.50. The zero-order valence-electron chi connectivity index (χ0n) is 18.3. The number of nitrogens with one attached hydrogen (secondary N) is 1. The van der Waals surface area contributed by atoms with E-state index in [1.54, 1.807) is 17.8 Å². The molecule has 178 valence electrons. The lowest BCUT2D eigenvalue weighted by atomic mass is 9.98. The minimum Gasteiger partial charge on any atom is -0.452 e. The predicted octanol–water partition coefficient (Wildman–Crippen LogP) is 5.14. The molecule has 0 aliphatic heterocycles. The Morgan fingerprint density at radius 2 is 1.91 bits per heavy atom. The summed E-state index contributed by atoms with van der Waals surface area (Å²) in [5, 5.41) is 0.161. The minimum absolute atomic E-state index is 0.0726. The van der Waals surface area contributed by atoms with Gasteiger partial charge in [0.1, 0.15) is 15.8 Å². The second kappa shape index (κ2) is 9.78. The van der Waals surface area contributed by atoms with Crippen LogP contribution in [0.2, 0.25) is 5.28 Å². The van der Waals surface area contributed by atoms with E-state index in [2.05, 4.69) is 9.72 Å². The molecule has 0 radical (unpaired) electrons. The van der Waals surface area contributed by atoms with Crippen molar-refractivity contribution in [3.05, 3.63) is 57.4 Å². The average molecular weight is 518 g/mol. The van der Waals surface area contributed by atoms with Crippen LogP contribution < -0.4 is 4.72 Å². The second-order valence-electron chi connectivity index (χ2n) is 7.77. The van der Waals surface area contributed by atoms with Gasteiger partial charge in [-0.05, 0) is 54.1 Å². The molecular formula is C21H22ClF2N3O4S2. The molecule has 0 saturated carbocycles. The maximum Gasteiger partial charge on any atom is 0.420 e. The number of carbonyl (C=O) groups is 1. The number of imidazole rings is 1. The van der Waals surface area contributed by atoms with Gasteiger partial charge >= 0.3 is 6.09 Å². The normalized spacial score (nSPS) is 11.8. The Bertz CT molecular complexity index is 1280. The number of halogens is 3. The number of ether oxygens (including phenoxy) is 1. The predicted molar refractivity (Wildman–Crippen MR) is 122 cm³/mol. The lowest BCUT2D eigenvalue weighted by Crippen LogP contribution is -2.30. The highest BCUT2D eigenvalue weighted by Gasteiger charge is 2.31. The van der Waals surface area contributed by atoms with Gasteiger partial charge in [-0.1, -0.05) is 13.8 Å². The minimum atomic E-state index is -4.45. The summed E-state index contributed by atoms with van der Waals surface area (Å²) in [5.74, 6) is -1.71. The molecule has 0 saturated heterocycles. The first-order chi connectivity index (χ1) is 15.4. The third-order valence-electron chi connectivity index (χ3n) is 4.82. The van der Waals surface area contributed by atoms with Crippen molar-refractivity contribution in [3.63, 3.8) is 0 Å². The van der Waals surface area contributed by atoms with Crippen molar-refractivity contribution in [2.75, 3.05) is 7.11 Å². The first-order valence-electron chi connectivity index (χ1n) is 9.82. The molecule has 3 aromatic rings. The summed E-state index contributed by atoms with van der Waals surface area (Å²) >= 11 is 6.81. The standard InChI is InChI=1S/C21H22ClF2N3O4S2/c1-11(2)7-16-12(3)17(19(32-16)33(29,30)26-21(28)31-4)18-14(23)8-13(9-15(18)24)10-27-6-5-25-20(27)22/h5-6,8-9,11H,7,10H2,1-4H3,(H,26,28). The van der Waals surface area contributed by atoms with Gasteiger partial charge in [-0.3, -0.25) is 0 Å². The highest BCUT2D eigenvalue weighted by molar-refractivity contribution is 7.92. The van der Waals surface area contributed by atoms with Crippen molar-refractivity contribution in [1.29, 1.82) is 0 Å². The highest BCUT2D eigenvalue weighted by Crippen LogP contribution is 2.42. The van der Waals surface area contributed by atoms with Gasteiger partial charge in [-0.2, -0.15) is 0 Å². The molecule has 0 aliphatic rings. The fraction of sp³-hybridized carbons (Fsp3) is 0.333. The highest BCUT2D eigenvalue weighted by atomic mass is 35.5. The molecule has 3 rings (SSSR count). The number of hydrogen-bond acceptors (Lipinski definition) is 6. The van der Waals surface area contributed by atoms with Crippen molar-refractivity contribution < 1.29 is 26.7 Å². The Morgan fingerprint density at radius 1 is 1.27 bits per heavy atom. The summed E-state index contributed by atoms with van der Waals surface area (Å²) in [6.07, 6.45) is 2.32. The van der Waals surface area contributed by atoms with E-state index in [0.29, 0.717) is 16.9 Å². The number of nitrogens with zero attached hydrogens (tertiary/aromatic N) is 2. The van der Waals surface area contributed by atoms with E-state index in [0.717, 1.165) is 30.6 Å². The number of amides is 1. The summed E-state index contributed by atoms with van der Waals surface area (Å²) in [6.45, 7) is 5.57. The number of sulfonamides is 1. The molecule has 7 nitrogen and oxygen atoms in total. The fourth-order valence-corrected chi connectivity index (χ4v) is 6.57. The molecule has 0 unspecified atom stereocenters. The molecule has 2 aromatic heterocycles. The number of methoxy groups -OCH3 is 1. The summed E-state index contributed by atoms with van der Waals surface area (Å²) in [7, 11) is -3.43. The number of thiophene rings is 1. The fourth-order valence-electron chi connectivity index (χ4n) is 3.36. The van der Waals surface area contributed by atoms with Crippen LogP contribution in [0.15, 0.2) is 28.7 Å². The Labute approximate surface area is 199 Å². The quantitative estimate of drug-likeness (QED) is 0.468. The maximum atomic E-state index is 15.3. The van der Waals surface area contributed by atoms with Gasteiger partial charge in [-0.15, -0.1) is 11.3 Å². The van der Waals surface area contributed by atoms with Crippen molar-refractivity contribution in [2.45, 2.75) is 37.9 Å². The van der Waals surface area contributed by atoms with Crippen LogP contribution in [0.5, 0.6) is 0 Å². The van der Waals surface area contributed by atoms with Crippen LogP contribution >= 0.6 is 22.9 Å². The van der Waals surface area contributed by atoms with Crippen LogP contribution in [0.4, 0.5) is 13.6 Å². The summed E-state index contributed by atoms with van der Waals surface area (Å²) in [6, 6.07) is 2.25. The van der Waals surface area contributed by atoms with Crippen LogP contribution in [-0.4, -0.2) is 31.2 Å². The molecule has 1 N–H and O–H groups in total. The topological polar surface area (TPSA) is 90.3 Å². The lowest BCUT2D eigenvalue weighted by molar-refractivity contribution is 0.177. The van der Waals surface area contributed by atoms with E-state index in [1.165, 1.54) is 10.8 Å². The van der Waals surface area contributed by atoms with E-state index >= 15 is 8.78 Å². The molecule has 0 spiro atoms. The Morgan fingerprint density at radius 3 is 2.42 bits per heavy atom. The van der Waals surface area contributed by atoms with E-state index < -0.39 is 33.3 Å². The van der Waals surface area contributed by atoms with E-state index in [4.69, 9.17) is 11.6 Å². The van der Waals surface area contributed by atoms with Gasteiger partial charge in [0.05, 0.1) is 19.2 Å². The molecule has 2 heterocycles. The van der Waals surface area contributed by atoms with Crippen LogP contribution in [0.1, 0.15) is 29.9 Å². The van der Waals surface area contributed by atoms with Crippen molar-refractivity contribution in [1.82, 2.24) is 14.3 Å². The van der Waals surface area contributed by atoms with E-state index in [9.17, 15) is 13.2 Å². The largest absolute Gasteiger partial charge is 0.452 e. The average Bonchev–Trinajstić information content (AvgIpc) is 3.25. The molecular weight excluding hydrogens is 496 g/mol. The molecule has 0 bridgehead atoms. The molecule has 0 atom stereocenters. The van der Waals surface area contributed by atoms with Gasteiger partial charge in [0, 0.05) is 22.8 Å². The third kappa shape index (κ3) is 5.36. The number of aromatic nitrogens is 2. The van der Waals surface area contributed by atoms with Crippen molar-refractivity contribution in [2.24, 2.45) is 5.92 Å². The van der Waals surface area contributed by atoms with Crippen LogP contribution in [0.3, 0.4) is 0 Å². The number of rotatable bonds is 7. The van der Waals surface area contributed by atoms with Gasteiger partial charge < -0.3 is 9.30 Å². The molecule has 0 aliphatic carbocycles. The number of benzene rings is 1. The van der Waals surface area contributed by atoms with Gasteiger partial charge in [-0.25, -0.2) is 31.7 Å². The number of hydrogen-bond donors (Lipinski definition) is 1. The van der Waals surface area contributed by atoms with Gasteiger partial charge in [0.2, 0.25) is 5.28 Å². The van der Waals surface area contributed by atoms with Crippen molar-refractivity contribution in [3.8, 4) is 11.1 Å². The molecule has 12 heteroatoms. The van der Waals surface area contributed by atoms with E-state index in [-0.39, 0.29) is 33.1 Å². The zero-order valence-corrected chi connectivity index (χ0v) is 20.7. The lowest BCUT2D eigenvalue weighted by Gasteiger charge is -2.12. The summed E-state index contributed by atoms with van der Waals surface area (Å²) < 4.78 is 63.7. The van der Waals surface area contributed by atoms with Crippen LogP contribution in [0, 0.1) is 24.5 Å². The second-order valence-corrected chi connectivity index (χ2v) is 11.1. The summed E-state index contributed by atoms with van der Waals surface area (Å²) in [4.78, 5) is 16.1. The first kappa shape index (κ1) is 25.1. The molecule has 1 aromatic carbocycles. The zero-order chi connectivity index (χ0) is 24.5. The summed E-state index contributed by atoms with van der Waals surface area (Å²) in [5.41, 5.74) is 0.113. The smallest absolute Gasteiger partial charge is 0.420 e. The first-order valence-corrected chi connectivity index (χ1v) is 12.5. The monoisotopic (exact) mass is 517 g/mol. The maximum absolute atomic E-state index is 15.3. The third-order valence-corrected chi connectivity index (χ3v) is 8.28. The Balaban J connectivity index is 2.17. The van der Waals surface area contributed by atoms with E-state index in [1.807, 2.05) is 13.8 Å². The SMILES string of the molecule is COC(=O)NS(=O)(=O)c1sc(CC(C)C)c(C)c1-c1c(F)cc(Cn2ccnc2Cl)cc1F. The van der Waals surface area contributed by atoms with Crippen molar-refractivity contribution >= 4 is 39.1 Å². The molecule has 0 fully saturated rings. The van der Waals surface area contributed by atoms with Crippen LogP contribution in [0.25, 0.3) is 11.1 Å². The molecule has 1 amide bonds. The van der Waals surface area contributed by atoms with Gasteiger partial charge in [0.15, 0.2) is 0 Å². The Kier molecular flexibility index (Phi) is 7.45. The van der Waals surface area contributed by atoms with Gasteiger partial charge in [0.25, 0.3) is 10.0 Å². The van der Waals surface area contributed by atoms with Crippen LogP contribution in [-0.2, 0) is 27.7 Å². The number of carbonyl (C=O) groups excluding carboxylic acids is 1. The molecule has 33 heavy (non-hydrogen) atoms.